The molecule has 4 heteroatoms. The molecule has 0 aromatic heterocycles. The molecule has 0 spiro atoms. The van der Waals surface area contributed by atoms with Gasteiger partial charge in [0.1, 0.15) is 5.54 Å². The fourth-order valence-corrected chi connectivity index (χ4v) is 3.00. The maximum atomic E-state index is 11.6. The van der Waals surface area contributed by atoms with Crippen molar-refractivity contribution in [3.8, 4) is 0 Å². The van der Waals surface area contributed by atoms with Crippen molar-refractivity contribution in [2.45, 2.75) is 44.1 Å². The van der Waals surface area contributed by atoms with E-state index in [0.29, 0.717) is 0 Å². The van der Waals surface area contributed by atoms with Crippen LogP contribution < -0.4 is 5.32 Å². The minimum absolute atomic E-state index is 0.574. The molecule has 16 heavy (non-hydrogen) atoms. The van der Waals surface area contributed by atoms with Crippen molar-refractivity contribution < 1.29 is 9.90 Å². The van der Waals surface area contributed by atoms with Gasteiger partial charge in [0.05, 0.1) is 0 Å². The molecule has 0 aliphatic carbocycles. The summed E-state index contributed by atoms with van der Waals surface area (Å²) in [7, 11) is 0. The Hall–Kier alpha value is -0.610. The quantitative estimate of drug-likeness (QED) is 0.739. The van der Waals surface area contributed by atoms with Gasteiger partial charge < -0.3 is 10.4 Å². The smallest absolute Gasteiger partial charge is 0.324 e. The number of nitrogens with one attached hydrogen (secondary N) is 1. The highest BCUT2D eigenvalue weighted by molar-refractivity contribution is 5.79. The molecule has 92 valence electrons. The van der Waals surface area contributed by atoms with Gasteiger partial charge in [0, 0.05) is 0 Å². The number of likely N-dealkylation sites (tertiary alicyclic amines) is 1. The standard InChI is InChI=1S/C12H22N2O2/c15-11(16)12(5-7-13-8-6-12)14-9-3-1-2-4-10-14/h13H,1-10H2,(H,15,16). The third-order valence-electron chi connectivity index (χ3n) is 4.04. The van der Waals surface area contributed by atoms with Crippen molar-refractivity contribution in [2.24, 2.45) is 0 Å². The van der Waals surface area contributed by atoms with Crippen molar-refractivity contribution in [3.63, 3.8) is 0 Å². The van der Waals surface area contributed by atoms with Gasteiger partial charge >= 0.3 is 5.97 Å². The molecule has 4 nitrogen and oxygen atoms in total. The normalized spacial score (nSPS) is 27.2. The number of rotatable bonds is 2. The van der Waals surface area contributed by atoms with E-state index in [0.717, 1.165) is 51.9 Å². The van der Waals surface area contributed by atoms with Crippen LogP contribution in [0.2, 0.25) is 0 Å². The predicted octanol–water partition coefficient (Wildman–Crippen LogP) is 1.07. The molecule has 0 radical (unpaired) electrons. The maximum absolute atomic E-state index is 11.6. The zero-order valence-corrected chi connectivity index (χ0v) is 9.87. The second-order valence-electron chi connectivity index (χ2n) is 4.99. The molecule has 0 aromatic carbocycles. The largest absolute Gasteiger partial charge is 0.480 e. The van der Waals surface area contributed by atoms with Crippen molar-refractivity contribution in [2.75, 3.05) is 26.2 Å². The summed E-state index contributed by atoms with van der Waals surface area (Å²) < 4.78 is 0. The molecular weight excluding hydrogens is 204 g/mol. The van der Waals surface area contributed by atoms with Crippen LogP contribution in [0.3, 0.4) is 0 Å². The molecule has 2 aliphatic rings. The van der Waals surface area contributed by atoms with E-state index in [1.165, 1.54) is 12.8 Å². The Balaban J connectivity index is 2.12. The van der Waals surface area contributed by atoms with E-state index in [2.05, 4.69) is 10.2 Å². The minimum Gasteiger partial charge on any atom is -0.480 e. The Kier molecular flexibility index (Phi) is 3.82. The lowest BCUT2D eigenvalue weighted by Gasteiger charge is -2.43. The van der Waals surface area contributed by atoms with E-state index in [1.54, 1.807) is 0 Å². The highest BCUT2D eigenvalue weighted by Gasteiger charge is 2.44. The van der Waals surface area contributed by atoms with Crippen LogP contribution in [0.25, 0.3) is 0 Å². The summed E-state index contributed by atoms with van der Waals surface area (Å²) in [5, 5.41) is 12.8. The van der Waals surface area contributed by atoms with Gasteiger partial charge in [0.25, 0.3) is 0 Å². The number of nitrogens with zero attached hydrogens (tertiary/aromatic N) is 1. The summed E-state index contributed by atoms with van der Waals surface area (Å²) >= 11 is 0. The lowest BCUT2D eigenvalue weighted by molar-refractivity contribution is -0.153. The number of hydrogen-bond acceptors (Lipinski definition) is 3. The fraction of sp³-hybridized carbons (Fsp3) is 0.917. The molecule has 0 unspecified atom stereocenters. The molecule has 2 fully saturated rings. The van der Waals surface area contributed by atoms with Gasteiger partial charge in [-0.3, -0.25) is 9.69 Å². The molecular formula is C12H22N2O2. The summed E-state index contributed by atoms with van der Waals surface area (Å²) in [5.74, 6) is -0.615. The average Bonchev–Trinajstić information content (AvgIpc) is 2.58. The molecule has 2 rings (SSSR count). The zero-order chi connectivity index (χ0) is 11.4. The molecule has 0 amide bonds. The monoisotopic (exact) mass is 226 g/mol. The number of carboxylic acids is 1. The summed E-state index contributed by atoms with van der Waals surface area (Å²) in [4.78, 5) is 13.9. The SMILES string of the molecule is O=C(O)C1(N2CCCCCC2)CCNCC1. The average molecular weight is 226 g/mol. The van der Waals surface area contributed by atoms with E-state index < -0.39 is 11.5 Å². The van der Waals surface area contributed by atoms with Gasteiger partial charge in [0.2, 0.25) is 0 Å². The second-order valence-corrected chi connectivity index (χ2v) is 4.99. The molecule has 0 atom stereocenters. The number of carbonyl (C=O) groups is 1. The number of hydrogen-bond donors (Lipinski definition) is 2. The molecule has 2 aliphatic heterocycles. The first-order valence-corrected chi connectivity index (χ1v) is 6.45. The summed E-state index contributed by atoms with van der Waals surface area (Å²) in [6.07, 6.45) is 6.32. The lowest BCUT2D eigenvalue weighted by Crippen LogP contribution is -2.59. The Morgan fingerprint density at radius 3 is 2.12 bits per heavy atom. The van der Waals surface area contributed by atoms with Gasteiger partial charge in [-0.2, -0.15) is 0 Å². The topological polar surface area (TPSA) is 52.6 Å². The number of aliphatic carboxylic acids is 1. The van der Waals surface area contributed by atoms with Crippen LogP contribution in [0, 0.1) is 0 Å². The number of piperidine rings is 1. The van der Waals surface area contributed by atoms with Crippen LogP contribution in [0.4, 0.5) is 0 Å². The predicted molar refractivity (Wildman–Crippen MR) is 62.5 cm³/mol. The lowest BCUT2D eigenvalue weighted by atomic mass is 9.86. The number of carboxylic acid groups (broad SMARTS) is 1. The van der Waals surface area contributed by atoms with Gasteiger partial charge in [0.15, 0.2) is 0 Å². The molecule has 2 saturated heterocycles. The van der Waals surface area contributed by atoms with Crippen molar-refractivity contribution in [3.05, 3.63) is 0 Å². The highest BCUT2D eigenvalue weighted by atomic mass is 16.4. The summed E-state index contributed by atoms with van der Waals surface area (Å²) in [6.45, 7) is 3.60. The van der Waals surface area contributed by atoms with E-state index >= 15 is 0 Å². The van der Waals surface area contributed by atoms with Gasteiger partial charge in [-0.15, -0.1) is 0 Å². The van der Waals surface area contributed by atoms with Gasteiger partial charge in [-0.1, -0.05) is 12.8 Å². The molecule has 0 bridgehead atoms. The Morgan fingerprint density at radius 2 is 1.62 bits per heavy atom. The van der Waals surface area contributed by atoms with Crippen LogP contribution in [-0.2, 0) is 4.79 Å². The molecule has 0 aromatic rings. The zero-order valence-electron chi connectivity index (χ0n) is 9.87. The first-order valence-electron chi connectivity index (χ1n) is 6.45. The summed E-state index contributed by atoms with van der Waals surface area (Å²) in [6, 6.07) is 0. The minimum atomic E-state index is -0.615. The highest BCUT2D eigenvalue weighted by Crippen LogP contribution is 2.29. The molecule has 0 saturated carbocycles. The van der Waals surface area contributed by atoms with Crippen LogP contribution in [0.5, 0.6) is 0 Å². The maximum Gasteiger partial charge on any atom is 0.324 e. The van der Waals surface area contributed by atoms with E-state index in [4.69, 9.17) is 0 Å². The van der Waals surface area contributed by atoms with Crippen molar-refractivity contribution in [1.82, 2.24) is 10.2 Å². The Bertz CT molecular complexity index is 241. The van der Waals surface area contributed by atoms with Crippen LogP contribution >= 0.6 is 0 Å². The second kappa shape index (κ2) is 5.15. The van der Waals surface area contributed by atoms with E-state index in [9.17, 15) is 9.90 Å². The van der Waals surface area contributed by atoms with Crippen molar-refractivity contribution >= 4 is 5.97 Å². The van der Waals surface area contributed by atoms with Crippen LogP contribution in [0.15, 0.2) is 0 Å². The van der Waals surface area contributed by atoms with Gasteiger partial charge in [-0.05, 0) is 51.9 Å². The van der Waals surface area contributed by atoms with Crippen molar-refractivity contribution in [1.29, 1.82) is 0 Å². The fourth-order valence-electron chi connectivity index (χ4n) is 3.00. The first-order chi connectivity index (χ1) is 7.76. The Morgan fingerprint density at radius 1 is 1.06 bits per heavy atom. The van der Waals surface area contributed by atoms with E-state index in [1.807, 2.05) is 0 Å². The van der Waals surface area contributed by atoms with Crippen LogP contribution in [0.1, 0.15) is 38.5 Å². The first kappa shape index (κ1) is 11.9. The van der Waals surface area contributed by atoms with Crippen LogP contribution in [-0.4, -0.2) is 47.7 Å². The molecule has 2 N–H and O–H groups in total. The molecule has 2 heterocycles. The Labute approximate surface area is 97.0 Å². The third-order valence-corrected chi connectivity index (χ3v) is 4.04. The van der Waals surface area contributed by atoms with E-state index in [-0.39, 0.29) is 0 Å². The third kappa shape index (κ3) is 2.23. The summed E-state index contributed by atoms with van der Waals surface area (Å²) in [5.41, 5.74) is -0.574. The van der Waals surface area contributed by atoms with Gasteiger partial charge in [-0.25, -0.2) is 0 Å².